The van der Waals surface area contributed by atoms with Crippen molar-refractivity contribution in [2.45, 2.75) is 4.90 Å². The van der Waals surface area contributed by atoms with E-state index >= 15 is 0 Å². The van der Waals surface area contributed by atoms with Gasteiger partial charge < -0.3 is 9.79 Å². The number of para-hydroxylation sites is 1. The average molecular weight is 274 g/mol. The smallest absolute Gasteiger partial charge is 0.308 e. The van der Waals surface area contributed by atoms with Gasteiger partial charge in [0.1, 0.15) is 0 Å². The van der Waals surface area contributed by atoms with E-state index in [1.807, 2.05) is 12.1 Å². The molecule has 2 amide bonds. The molecule has 92 valence electrons. The molecule has 0 radical (unpaired) electrons. The van der Waals surface area contributed by atoms with Gasteiger partial charge in [0.25, 0.3) is 0 Å². The summed E-state index contributed by atoms with van der Waals surface area (Å²) < 4.78 is 10.7. The maximum atomic E-state index is 11.7. The Kier molecular flexibility index (Phi) is 3.44. The highest BCUT2D eigenvalue weighted by atomic mass is 32.2. The maximum absolute atomic E-state index is 11.7. The first kappa shape index (κ1) is 12.4. The molecule has 1 aromatic rings. The molecule has 3 N–H and O–H groups in total. The minimum Gasteiger partial charge on any atom is -0.308 e. The summed E-state index contributed by atoms with van der Waals surface area (Å²) in [4.78, 5) is 31.4. The summed E-state index contributed by atoms with van der Waals surface area (Å²) >= 11 is 1.61. The second-order valence-corrected chi connectivity index (χ2v) is 5.88. The predicted octanol–water partition coefficient (Wildman–Crippen LogP) is 1.40. The third kappa shape index (κ3) is 3.01. The van der Waals surface area contributed by atoms with Gasteiger partial charge in [0.05, 0.1) is 5.69 Å². The predicted molar refractivity (Wildman–Crippen MR) is 65.1 cm³/mol. The average Bonchev–Trinajstić information content (AvgIpc) is 2.26. The Hall–Kier alpha value is -1.01. The summed E-state index contributed by atoms with van der Waals surface area (Å²) in [5, 5.41) is 1.67. The highest BCUT2D eigenvalue weighted by Crippen LogP contribution is 2.36. The summed E-state index contributed by atoms with van der Waals surface area (Å²) in [5.74, 6) is 0.700. The van der Waals surface area contributed by atoms with Crippen LogP contribution in [-0.2, 0) is 4.57 Å². The Bertz CT molecular complexity index is 490. The lowest BCUT2D eigenvalue weighted by Crippen LogP contribution is -2.41. The van der Waals surface area contributed by atoms with Gasteiger partial charge in [-0.2, -0.15) is 0 Å². The van der Waals surface area contributed by atoms with Crippen LogP contribution in [0.25, 0.3) is 0 Å². The number of anilines is 1. The fraction of sp³-hybridized carbons (Fsp3) is 0.222. The third-order valence-corrected chi connectivity index (χ3v) is 3.74. The molecule has 0 saturated heterocycles. The van der Waals surface area contributed by atoms with Gasteiger partial charge in [0.2, 0.25) is 0 Å². The molecule has 0 spiro atoms. The van der Waals surface area contributed by atoms with E-state index in [1.165, 1.54) is 4.90 Å². The van der Waals surface area contributed by atoms with Crippen LogP contribution in [0.2, 0.25) is 0 Å². The minimum absolute atomic E-state index is 0.424. The molecule has 0 aliphatic carbocycles. The Morgan fingerprint density at radius 2 is 2.12 bits per heavy atom. The molecule has 0 bridgehead atoms. The van der Waals surface area contributed by atoms with Crippen LogP contribution in [-0.4, -0.2) is 28.1 Å². The van der Waals surface area contributed by atoms with Crippen molar-refractivity contribution in [1.82, 2.24) is 5.09 Å². The lowest BCUT2D eigenvalue weighted by molar-refractivity contribution is 0.247. The van der Waals surface area contributed by atoms with Crippen molar-refractivity contribution >= 4 is 31.2 Å². The van der Waals surface area contributed by atoms with Crippen LogP contribution in [0.4, 0.5) is 10.5 Å². The molecular formula is C9H11N2O4PS. The van der Waals surface area contributed by atoms with Crippen molar-refractivity contribution in [2.75, 3.05) is 17.2 Å². The number of nitrogens with one attached hydrogen (secondary N) is 1. The van der Waals surface area contributed by atoms with Crippen molar-refractivity contribution in [3.8, 4) is 0 Å². The van der Waals surface area contributed by atoms with E-state index < -0.39 is 13.8 Å². The van der Waals surface area contributed by atoms with E-state index in [9.17, 15) is 9.36 Å². The van der Waals surface area contributed by atoms with Crippen LogP contribution in [0, 0.1) is 0 Å². The first-order chi connectivity index (χ1) is 7.97. The van der Waals surface area contributed by atoms with E-state index in [-0.39, 0.29) is 0 Å². The molecule has 1 heterocycles. The van der Waals surface area contributed by atoms with Gasteiger partial charge in [-0.1, -0.05) is 12.1 Å². The standard InChI is InChI=1S/C9H11N2O4PS/c12-9(10-16(13,14)15)11-5-6-17-8-4-2-1-3-7(8)11/h1-4H,5-6H2,(H3,10,12,13,14,15). The Labute approximate surface area is 102 Å². The molecule has 0 atom stereocenters. The highest BCUT2D eigenvalue weighted by molar-refractivity contribution is 7.99. The number of amides is 2. The second-order valence-electron chi connectivity index (χ2n) is 3.43. The van der Waals surface area contributed by atoms with E-state index in [0.717, 1.165) is 4.90 Å². The molecule has 0 fully saturated rings. The summed E-state index contributed by atoms with van der Waals surface area (Å²) in [5.41, 5.74) is 0.676. The maximum Gasteiger partial charge on any atom is 0.431 e. The molecule has 0 aromatic heterocycles. The van der Waals surface area contributed by atoms with Crippen LogP contribution in [0.15, 0.2) is 29.2 Å². The summed E-state index contributed by atoms with van der Waals surface area (Å²) in [6.07, 6.45) is 0. The van der Waals surface area contributed by atoms with Gasteiger partial charge in [-0.3, -0.25) is 4.90 Å². The number of carbonyl (C=O) groups is 1. The van der Waals surface area contributed by atoms with Crippen LogP contribution in [0.3, 0.4) is 0 Å². The van der Waals surface area contributed by atoms with Gasteiger partial charge in [-0.15, -0.1) is 11.8 Å². The third-order valence-electron chi connectivity index (χ3n) is 2.21. The number of rotatable bonds is 1. The molecule has 1 aliphatic heterocycles. The van der Waals surface area contributed by atoms with E-state index in [0.29, 0.717) is 18.0 Å². The number of fused-ring (bicyclic) bond motifs is 1. The normalized spacial score (nSPS) is 15.3. The minimum atomic E-state index is -4.55. The molecule has 2 rings (SSSR count). The monoisotopic (exact) mass is 274 g/mol. The molecule has 0 saturated carbocycles. The van der Waals surface area contributed by atoms with Gasteiger partial charge in [-0.05, 0) is 12.1 Å². The van der Waals surface area contributed by atoms with Crippen molar-refractivity contribution < 1.29 is 19.1 Å². The zero-order valence-electron chi connectivity index (χ0n) is 8.74. The molecule has 17 heavy (non-hydrogen) atoms. The number of hydrogen-bond donors (Lipinski definition) is 3. The number of urea groups is 1. The summed E-state index contributed by atoms with van der Waals surface area (Å²) in [6.45, 7) is 0.424. The molecular weight excluding hydrogens is 263 g/mol. The van der Waals surface area contributed by atoms with Crippen molar-refractivity contribution in [1.29, 1.82) is 0 Å². The van der Waals surface area contributed by atoms with Crippen LogP contribution < -0.4 is 9.99 Å². The summed E-state index contributed by atoms with van der Waals surface area (Å²) in [6, 6.07) is 6.49. The Balaban J connectivity index is 2.24. The second kappa shape index (κ2) is 4.70. The number of hydrogen-bond acceptors (Lipinski definition) is 3. The summed E-state index contributed by atoms with van der Waals surface area (Å²) in [7, 11) is -4.55. The fourth-order valence-corrected chi connectivity index (χ4v) is 2.93. The zero-order chi connectivity index (χ0) is 12.5. The number of nitrogens with zero attached hydrogens (tertiary/aromatic N) is 1. The number of carbonyl (C=O) groups excluding carboxylic acids is 1. The van der Waals surface area contributed by atoms with Crippen molar-refractivity contribution in [3.05, 3.63) is 24.3 Å². The van der Waals surface area contributed by atoms with E-state index in [2.05, 4.69) is 0 Å². The number of benzene rings is 1. The first-order valence-electron chi connectivity index (χ1n) is 4.84. The molecule has 6 nitrogen and oxygen atoms in total. The SMILES string of the molecule is O=C(NP(=O)(O)O)N1CCSc2ccccc21. The zero-order valence-corrected chi connectivity index (χ0v) is 10.4. The van der Waals surface area contributed by atoms with Crippen LogP contribution >= 0.6 is 19.5 Å². The quantitative estimate of drug-likeness (QED) is 0.673. The molecule has 8 heteroatoms. The van der Waals surface area contributed by atoms with Crippen molar-refractivity contribution in [2.24, 2.45) is 0 Å². The van der Waals surface area contributed by atoms with Crippen LogP contribution in [0.5, 0.6) is 0 Å². The molecule has 1 aliphatic rings. The fourth-order valence-electron chi connectivity index (χ4n) is 1.57. The largest absolute Gasteiger partial charge is 0.431 e. The van der Waals surface area contributed by atoms with Gasteiger partial charge >= 0.3 is 13.8 Å². The number of thioether (sulfide) groups is 1. The van der Waals surface area contributed by atoms with E-state index in [1.54, 1.807) is 29.0 Å². The van der Waals surface area contributed by atoms with Gasteiger partial charge in [0.15, 0.2) is 0 Å². The Morgan fingerprint density at radius 3 is 2.82 bits per heavy atom. The highest BCUT2D eigenvalue weighted by Gasteiger charge is 2.26. The first-order valence-corrected chi connectivity index (χ1v) is 7.44. The van der Waals surface area contributed by atoms with E-state index in [4.69, 9.17) is 9.79 Å². The van der Waals surface area contributed by atoms with Crippen molar-refractivity contribution in [3.63, 3.8) is 0 Å². The van der Waals surface area contributed by atoms with Gasteiger partial charge in [0, 0.05) is 17.2 Å². The lowest BCUT2D eigenvalue weighted by atomic mass is 10.3. The lowest BCUT2D eigenvalue weighted by Gasteiger charge is -2.28. The van der Waals surface area contributed by atoms with Gasteiger partial charge in [-0.25, -0.2) is 14.4 Å². The van der Waals surface area contributed by atoms with Crippen LogP contribution in [0.1, 0.15) is 0 Å². The molecule has 1 aromatic carbocycles. The Morgan fingerprint density at radius 1 is 1.41 bits per heavy atom. The molecule has 0 unspecified atom stereocenters. The topological polar surface area (TPSA) is 89.9 Å².